The predicted molar refractivity (Wildman–Crippen MR) is 90.4 cm³/mol. The van der Waals surface area contributed by atoms with Crippen molar-refractivity contribution in [2.45, 2.75) is 13.1 Å². The summed E-state index contributed by atoms with van der Waals surface area (Å²) in [6, 6.07) is 4.31. The number of hydrogen-bond donors (Lipinski definition) is 1. The molecule has 1 N–H and O–H groups in total. The van der Waals surface area contributed by atoms with Crippen molar-refractivity contribution in [1.29, 1.82) is 0 Å². The zero-order valence-electron chi connectivity index (χ0n) is 13.6. The first kappa shape index (κ1) is 19.0. The van der Waals surface area contributed by atoms with Gasteiger partial charge in [-0.05, 0) is 35.0 Å². The van der Waals surface area contributed by atoms with Gasteiger partial charge in [-0.15, -0.1) is 0 Å². The molecule has 0 aliphatic heterocycles. The molecule has 3 rings (SSSR count). The van der Waals surface area contributed by atoms with E-state index < -0.39 is 18.8 Å². The first-order valence-electron chi connectivity index (χ1n) is 7.39. The smallest absolute Gasteiger partial charge is 0.422 e. The van der Waals surface area contributed by atoms with Crippen molar-refractivity contribution in [1.82, 2.24) is 14.4 Å². The van der Waals surface area contributed by atoms with Crippen LogP contribution in [0.1, 0.15) is 16.2 Å². The number of pyridine rings is 2. The van der Waals surface area contributed by atoms with Gasteiger partial charge in [0.2, 0.25) is 0 Å². The zero-order valence-corrected chi connectivity index (χ0v) is 15.2. The van der Waals surface area contributed by atoms with Gasteiger partial charge in [-0.2, -0.15) is 13.2 Å². The third-order valence-electron chi connectivity index (χ3n) is 3.42. The molecule has 0 unspecified atom stereocenters. The number of imidazole rings is 1. The second-order valence-electron chi connectivity index (χ2n) is 5.41. The quantitative estimate of drug-likeness (QED) is 0.632. The number of aromatic carboxylic acids is 1. The molecule has 11 heteroatoms. The summed E-state index contributed by atoms with van der Waals surface area (Å²) < 4.78 is 49.5. The summed E-state index contributed by atoms with van der Waals surface area (Å²) in [6.45, 7) is 0.0755. The number of aryl methyl sites for hydroxylation is 1. The van der Waals surface area contributed by atoms with Gasteiger partial charge in [-0.25, -0.2) is 14.8 Å². The molecule has 0 fully saturated rings. The highest BCUT2D eigenvalue weighted by atomic mass is 79.9. The van der Waals surface area contributed by atoms with Gasteiger partial charge >= 0.3 is 12.1 Å². The minimum absolute atomic E-state index is 0.108. The molecule has 0 radical (unpaired) electrons. The van der Waals surface area contributed by atoms with Gasteiger partial charge in [0.25, 0.3) is 5.88 Å². The van der Waals surface area contributed by atoms with Crippen molar-refractivity contribution in [2.75, 3.05) is 6.61 Å². The highest BCUT2D eigenvalue weighted by molar-refractivity contribution is 9.10. The Labute approximate surface area is 158 Å². The normalized spacial score (nSPS) is 11.6. The van der Waals surface area contributed by atoms with E-state index in [9.17, 15) is 18.0 Å². The number of carbonyl (C=O) groups is 1. The van der Waals surface area contributed by atoms with Gasteiger partial charge in [0.15, 0.2) is 18.1 Å². The molecule has 27 heavy (non-hydrogen) atoms. The van der Waals surface area contributed by atoms with E-state index >= 15 is 0 Å². The van der Waals surface area contributed by atoms with Gasteiger partial charge in [0.05, 0.1) is 11.9 Å². The third kappa shape index (κ3) is 4.30. The van der Waals surface area contributed by atoms with Crippen LogP contribution in [0.5, 0.6) is 17.4 Å². The molecular formula is C16H11BrF3N3O4. The van der Waals surface area contributed by atoms with Crippen LogP contribution in [0.2, 0.25) is 0 Å². The van der Waals surface area contributed by atoms with Crippen LogP contribution in [0.25, 0.3) is 5.65 Å². The van der Waals surface area contributed by atoms with Crippen LogP contribution >= 0.6 is 15.9 Å². The molecule has 0 bridgehead atoms. The summed E-state index contributed by atoms with van der Waals surface area (Å²) in [5, 5.41) is 9.13. The lowest BCUT2D eigenvalue weighted by molar-refractivity contribution is -0.153. The monoisotopic (exact) mass is 445 g/mol. The zero-order chi connectivity index (χ0) is 19.8. The molecule has 0 aliphatic carbocycles. The van der Waals surface area contributed by atoms with E-state index in [4.69, 9.17) is 14.6 Å². The molecule has 0 saturated carbocycles. The van der Waals surface area contributed by atoms with Crippen molar-refractivity contribution in [3.8, 4) is 17.4 Å². The lowest BCUT2D eigenvalue weighted by atomic mass is 10.3. The Balaban J connectivity index is 1.93. The second kappa shape index (κ2) is 7.06. The van der Waals surface area contributed by atoms with E-state index in [0.717, 1.165) is 0 Å². The Morgan fingerprint density at radius 2 is 2.11 bits per heavy atom. The summed E-state index contributed by atoms with van der Waals surface area (Å²) >= 11 is 3.11. The van der Waals surface area contributed by atoms with Crippen molar-refractivity contribution in [2.24, 2.45) is 0 Å². The Kier molecular flexibility index (Phi) is 4.96. The number of carboxylic acids is 1. The van der Waals surface area contributed by atoms with Gasteiger partial charge in [0, 0.05) is 16.7 Å². The number of hydrogen-bond acceptors (Lipinski definition) is 5. The van der Waals surface area contributed by atoms with E-state index in [1.807, 2.05) is 0 Å². The first-order valence-corrected chi connectivity index (χ1v) is 8.18. The van der Waals surface area contributed by atoms with E-state index in [0.29, 0.717) is 15.8 Å². The van der Waals surface area contributed by atoms with Gasteiger partial charge in [0.1, 0.15) is 11.4 Å². The average molecular weight is 446 g/mol. The lowest BCUT2D eigenvalue weighted by Crippen LogP contribution is -2.19. The van der Waals surface area contributed by atoms with Crippen molar-refractivity contribution >= 4 is 27.5 Å². The molecule has 142 valence electrons. The van der Waals surface area contributed by atoms with Crippen LogP contribution in [0.4, 0.5) is 13.2 Å². The maximum Gasteiger partial charge on any atom is 0.422 e. The summed E-state index contributed by atoms with van der Waals surface area (Å²) in [5.74, 6) is -1.32. The molecule has 0 aromatic carbocycles. The van der Waals surface area contributed by atoms with Crippen LogP contribution in [0, 0.1) is 6.92 Å². The lowest BCUT2D eigenvalue weighted by Gasteiger charge is -2.13. The van der Waals surface area contributed by atoms with Crippen molar-refractivity contribution in [3.05, 3.63) is 46.5 Å². The fraction of sp³-hybridized carbons (Fsp3) is 0.188. The number of rotatable bonds is 5. The van der Waals surface area contributed by atoms with Crippen LogP contribution in [-0.4, -0.2) is 38.2 Å². The first-order chi connectivity index (χ1) is 12.6. The maximum atomic E-state index is 12.4. The molecule has 0 amide bonds. The topological polar surface area (TPSA) is 86.0 Å². The fourth-order valence-electron chi connectivity index (χ4n) is 2.27. The molecule has 3 heterocycles. The standard InChI is InChI=1S/C16H11BrF3N3O4/c1-8-13(15(24)25)22-12-3-2-10(6-23(8)12)27-14-11(4-9(17)5-21-14)26-7-16(18,19)20/h2-6H,7H2,1H3,(H,24,25). The summed E-state index contributed by atoms with van der Waals surface area (Å²) in [7, 11) is 0. The maximum absolute atomic E-state index is 12.4. The van der Waals surface area contributed by atoms with E-state index in [1.165, 1.54) is 35.0 Å². The number of nitrogens with zero attached hydrogens (tertiary/aromatic N) is 3. The Hall–Kier alpha value is -2.82. The number of carboxylic acid groups (broad SMARTS) is 1. The third-order valence-corrected chi connectivity index (χ3v) is 3.86. The molecule has 0 spiro atoms. The predicted octanol–water partition coefficient (Wildman–Crippen LogP) is 4.23. The number of aromatic nitrogens is 3. The van der Waals surface area contributed by atoms with Crippen molar-refractivity contribution < 1.29 is 32.5 Å². The van der Waals surface area contributed by atoms with E-state index in [-0.39, 0.29) is 23.1 Å². The number of alkyl halides is 3. The molecule has 0 aliphatic rings. The van der Waals surface area contributed by atoms with Crippen LogP contribution in [0.15, 0.2) is 35.1 Å². The fourth-order valence-corrected chi connectivity index (χ4v) is 2.58. The Morgan fingerprint density at radius 1 is 1.37 bits per heavy atom. The molecule has 3 aromatic rings. The molecule has 7 nitrogen and oxygen atoms in total. The highest BCUT2D eigenvalue weighted by Crippen LogP contribution is 2.33. The highest BCUT2D eigenvalue weighted by Gasteiger charge is 2.29. The number of halogens is 4. The number of ether oxygens (including phenoxy) is 2. The molecular weight excluding hydrogens is 435 g/mol. The number of fused-ring (bicyclic) bond motifs is 1. The van der Waals surface area contributed by atoms with E-state index in [1.54, 1.807) is 6.92 Å². The molecule has 0 atom stereocenters. The summed E-state index contributed by atoms with van der Waals surface area (Å²) in [6.07, 6.45) is -1.71. The average Bonchev–Trinajstić information content (AvgIpc) is 2.91. The van der Waals surface area contributed by atoms with Gasteiger partial charge in [-0.1, -0.05) is 0 Å². The summed E-state index contributed by atoms with van der Waals surface area (Å²) in [5.41, 5.74) is 0.651. The minimum Gasteiger partial charge on any atom is -0.478 e. The molecule has 0 saturated heterocycles. The Morgan fingerprint density at radius 3 is 2.78 bits per heavy atom. The van der Waals surface area contributed by atoms with Gasteiger partial charge < -0.3 is 14.6 Å². The van der Waals surface area contributed by atoms with Crippen molar-refractivity contribution in [3.63, 3.8) is 0 Å². The molecule has 3 aromatic heterocycles. The van der Waals surface area contributed by atoms with Crippen LogP contribution < -0.4 is 9.47 Å². The summed E-state index contributed by atoms with van der Waals surface area (Å²) in [4.78, 5) is 19.1. The van der Waals surface area contributed by atoms with Gasteiger partial charge in [-0.3, -0.25) is 4.40 Å². The second-order valence-corrected chi connectivity index (χ2v) is 6.32. The largest absolute Gasteiger partial charge is 0.478 e. The van der Waals surface area contributed by atoms with E-state index in [2.05, 4.69) is 25.9 Å². The van der Waals surface area contributed by atoms with Crippen LogP contribution in [0.3, 0.4) is 0 Å². The minimum atomic E-state index is -4.51. The van der Waals surface area contributed by atoms with Crippen LogP contribution in [-0.2, 0) is 0 Å². The Bertz CT molecular complexity index is 1020. The SMILES string of the molecule is Cc1c(C(=O)O)nc2ccc(Oc3ncc(Br)cc3OCC(F)(F)F)cn12.